The van der Waals surface area contributed by atoms with E-state index < -0.39 is 0 Å². The third-order valence-corrected chi connectivity index (χ3v) is 5.05. The maximum Gasteiger partial charge on any atom is 0.205 e. The van der Waals surface area contributed by atoms with Crippen LogP contribution in [0.15, 0.2) is 28.1 Å². The molecule has 0 saturated carbocycles. The lowest BCUT2D eigenvalue weighted by Crippen LogP contribution is -2.02. The van der Waals surface area contributed by atoms with Crippen molar-refractivity contribution in [3.8, 4) is 11.5 Å². The number of halogens is 2. The van der Waals surface area contributed by atoms with Gasteiger partial charge >= 0.3 is 0 Å². The van der Waals surface area contributed by atoms with Crippen molar-refractivity contribution in [3.05, 3.63) is 43.5 Å². The summed E-state index contributed by atoms with van der Waals surface area (Å²) in [6.45, 7) is 1.16. The van der Waals surface area contributed by atoms with Crippen LogP contribution >= 0.6 is 38.9 Å². The van der Waals surface area contributed by atoms with Gasteiger partial charge in [0.05, 0.1) is 23.1 Å². The van der Waals surface area contributed by atoms with Crippen LogP contribution in [-0.2, 0) is 0 Å². The zero-order chi connectivity index (χ0) is 14.1. The van der Waals surface area contributed by atoms with Crippen LogP contribution in [0.1, 0.15) is 21.7 Å². The summed E-state index contributed by atoms with van der Waals surface area (Å²) in [7, 11) is 0. The Hall–Kier alpha value is -1.04. The fraction of sp³-hybridized carbons (Fsp3) is 0.214. The lowest BCUT2D eigenvalue weighted by atomic mass is 10.1. The van der Waals surface area contributed by atoms with Crippen molar-refractivity contribution in [2.75, 3.05) is 13.2 Å². The van der Waals surface area contributed by atoms with Gasteiger partial charge in [-0.05, 0) is 33.4 Å². The molecule has 3 nitrogen and oxygen atoms in total. The molecule has 0 spiro atoms. The van der Waals surface area contributed by atoms with Crippen LogP contribution in [0.2, 0.25) is 5.02 Å². The van der Waals surface area contributed by atoms with Crippen molar-refractivity contribution in [1.82, 2.24) is 0 Å². The van der Waals surface area contributed by atoms with Crippen LogP contribution in [0.3, 0.4) is 0 Å². The number of benzene rings is 1. The van der Waals surface area contributed by atoms with Crippen LogP contribution in [0.5, 0.6) is 11.5 Å². The summed E-state index contributed by atoms with van der Waals surface area (Å²) in [5.74, 6) is 1.05. The van der Waals surface area contributed by atoms with Crippen molar-refractivity contribution in [2.24, 2.45) is 0 Å². The summed E-state index contributed by atoms with van der Waals surface area (Å²) in [5.41, 5.74) is 0.430. The van der Waals surface area contributed by atoms with Gasteiger partial charge in [-0.15, -0.1) is 11.3 Å². The Labute approximate surface area is 133 Å². The molecule has 0 radical (unpaired) electrons. The molecule has 1 aliphatic rings. The number of carbonyl (C=O) groups excluding carboxylic acids is 1. The Morgan fingerprint density at radius 3 is 2.60 bits per heavy atom. The van der Waals surface area contributed by atoms with Crippen LogP contribution < -0.4 is 9.47 Å². The fourth-order valence-corrected chi connectivity index (χ4v) is 3.68. The van der Waals surface area contributed by atoms with Gasteiger partial charge in [0.25, 0.3) is 0 Å². The molecule has 104 valence electrons. The second kappa shape index (κ2) is 5.76. The molecular weight excluding hydrogens is 364 g/mol. The molecular formula is C14H10BrClO3S. The Balaban J connectivity index is 2.04. The quantitative estimate of drug-likeness (QED) is 0.724. The molecule has 0 amide bonds. The number of rotatable bonds is 2. The maximum absolute atomic E-state index is 12.5. The van der Waals surface area contributed by atoms with Crippen molar-refractivity contribution in [1.29, 1.82) is 0 Å². The van der Waals surface area contributed by atoms with Gasteiger partial charge in [-0.3, -0.25) is 4.79 Å². The average Bonchev–Trinajstić information content (AvgIpc) is 2.72. The molecule has 1 aromatic carbocycles. The predicted octanol–water partition coefficient (Wildman–Crippen LogP) is 4.56. The first-order valence-corrected chi connectivity index (χ1v) is 8.08. The number of ether oxygens (including phenoxy) is 2. The molecule has 0 atom stereocenters. The molecule has 1 aliphatic heterocycles. The highest BCUT2D eigenvalue weighted by molar-refractivity contribution is 9.10. The van der Waals surface area contributed by atoms with Crippen molar-refractivity contribution in [2.45, 2.75) is 6.42 Å². The van der Waals surface area contributed by atoms with Crippen molar-refractivity contribution in [3.63, 3.8) is 0 Å². The highest BCUT2D eigenvalue weighted by Crippen LogP contribution is 2.37. The molecule has 2 heterocycles. The Bertz CT molecular complexity index is 668. The van der Waals surface area contributed by atoms with E-state index in [9.17, 15) is 4.79 Å². The van der Waals surface area contributed by atoms with E-state index >= 15 is 0 Å². The number of hydrogen-bond acceptors (Lipinski definition) is 4. The van der Waals surface area contributed by atoms with E-state index in [1.54, 1.807) is 12.1 Å². The molecule has 0 saturated heterocycles. The summed E-state index contributed by atoms with van der Waals surface area (Å²) in [5, 5.41) is 2.23. The number of fused-ring (bicyclic) bond motifs is 1. The molecule has 0 aliphatic carbocycles. The highest BCUT2D eigenvalue weighted by Gasteiger charge is 2.21. The standard InChI is InChI=1S/C14H10BrClO3S/c15-9-2-5-20-14(9)13(17)8-6-11-12(7-10(8)16)19-4-1-3-18-11/h2,5-7H,1,3-4H2. The minimum atomic E-state index is -0.118. The van der Waals surface area contributed by atoms with E-state index in [0.29, 0.717) is 40.2 Å². The van der Waals surface area contributed by atoms with E-state index in [-0.39, 0.29) is 5.78 Å². The summed E-state index contributed by atoms with van der Waals surface area (Å²) in [6, 6.07) is 5.16. The van der Waals surface area contributed by atoms with Gasteiger partial charge in [0.15, 0.2) is 11.5 Å². The zero-order valence-electron chi connectivity index (χ0n) is 10.3. The maximum atomic E-state index is 12.5. The fourth-order valence-electron chi connectivity index (χ4n) is 1.94. The van der Waals surface area contributed by atoms with E-state index in [2.05, 4.69) is 15.9 Å². The minimum absolute atomic E-state index is 0.118. The molecule has 6 heteroatoms. The molecule has 0 N–H and O–H groups in total. The van der Waals surface area contributed by atoms with E-state index in [1.807, 2.05) is 11.4 Å². The van der Waals surface area contributed by atoms with Gasteiger partial charge in [0, 0.05) is 22.5 Å². The van der Waals surface area contributed by atoms with E-state index in [0.717, 1.165) is 10.9 Å². The van der Waals surface area contributed by atoms with Crippen LogP contribution in [0.25, 0.3) is 0 Å². The van der Waals surface area contributed by atoms with Crippen LogP contribution in [-0.4, -0.2) is 19.0 Å². The smallest absolute Gasteiger partial charge is 0.205 e. The molecule has 0 unspecified atom stereocenters. The average molecular weight is 374 g/mol. The third kappa shape index (κ3) is 2.57. The van der Waals surface area contributed by atoms with E-state index in [1.165, 1.54) is 11.3 Å². The first-order chi connectivity index (χ1) is 9.66. The summed E-state index contributed by atoms with van der Waals surface area (Å²) in [6.07, 6.45) is 0.812. The summed E-state index contributed by atoms with van der Waals surface area (Å²) >= 11 is 11.0. The molecule has 1 aromatic heterocycles. The largest absolute Gasteiger partial charge is 0.490 e. The lowest BCUT2D eigenvalue weighted by molar-refractivity contribution is 0.104. The molecule has 3 rings (SSSR count). The molecule has 0 fully saturated rings. The van der Waals surface area contributed by atoms with Gasteiger partial charge in [-0.25, -0.2) is 0 Å². The summed E-state index contributed by atoms with van der Waals surface area (Å²) < 4.78 is 11.9. The van der Waals surface area contributed by atoms with Crippen LogP contribution in [0, 0.1) is 0 Å². The molecule has 0 bridgehead atoms. The monoisotopic (exact) mass is 372 g/mol. The number of ketones is 1. The lowest BCUT2D eigenvalue weighted by Gasteiger charge is -2.10. The second-order valence-electron chi connectivity index (χ2n) is 4.26. The Morgan fingerprint density at radius 1 is 1.25 bits per heavy atom. The van der Waals surface area contributed by atoms with Gasteiger partial charge in [0.1, 0.15) is 0 Å². The SMILES string of the molecule is O=C(c1cc2c(cc1Cl)OCCCO2)c1sccc1Br. The van der Waals surface area contributed by atoms with Crippen molar-refractivity contribution >= 4 is 44.7 Å². The number of hydrogen-bond donors (Lipinski definition) is 0. The highest BCUT2D eigenvalue weighted by atomic mass is 79.9. The first-order valence-electron chi connectivity index (χ1n) is 6.03. The Kier molecular flexibility index (Phi) is 4.01. The third-order valence-electron chi connectivity index (χ3n) is 2.91. The second-order valence-corrected chi connectivity index (χ2v) is 6.43. The first kappa shape index (κ1) is 13.9. The van der Waals surface area contributed by atoms with Crippen LogP contribution in [0.4, 0.5) is 0 Å². The van der Waals surface area contributed by atoms with Crippen molar-refractivity contribution < 1.29 is 14.3 Å². The van der Waals surface area contributed by atoms with Gasteiger partial charge in [0.2, 0.25) is 5.78 Å². The topological polar surface area (TPSA) is 35.5 Å². The molecule has 2 aromatic rings. The predicted molar refractivity (Wildman–Crippen MR) is 82.5 cm³/mol. The zero-order valence-corrected chi connectivity index (χ0v) is 13.5. The number of carbonyl (C=O) groups is 1. The molecule has 20 heavy (non-hydrogen) atoms. The normalized spacial score (nSPS) is 13.9. The van der Waals surface area contributed by atoms with Gasteiger partial charge < -0.3 is 9.47 Å². The van der Waals surface area contributed by atoms with Gasteiger partial charge in [-0.1, -0.05) is 11.6 Å². The van der Waals surface area contributed by atoms with Gasteiger partial charge in [-0.2, -0.15) is 0 Å². The minimum Gasteiger partial charge on any atom is -0.490 e. The number of thiophene rings is 1. The summed E-state index contributed by atoms with van der Waals surface area (Å²) in [4.78, 5) is 13.1. The van der Waals surface area contributed by atoms with E-state index in [4.69, 9.17) is 21.1 Å². The Morgan fingerprint density at radius 2 is 1.95 bits per heavy atom.